The summed E-state index contributed by atoms with van der Waals surface area (Å²) in [5, 5.41) is 9.51. The predicted molar refractivity (Wildman–Crippen MR) is 57.4 cm³/mol. The van der Waals surface area contributed by atoms with Crippen LogP contribution < -0.4 is 0 Å². The average Bonchev–Trinajstić information content (AvgIpc) is 2.86. The van der Waals surface area contributed by atoms with Gasteiger partial charge in [-0.25, -0.2) is 0 Å². The molecule has 0 aromatic heterocycles. The standard InChI is InChI=1S/C10H14Cl2O2/c1-3-10(4-2)7(6(12)5-11)8(10)9(13)14/h5,7-8H,3-4H2,1-2H3,(H,13,14). The molecule has 0 spiro atoms. The van der Waals surface area contributed by atoms with Crippen molar-refractivity contribution in [1.82, 2.24) is 0 Å². The van der Waals surface area contributed by atoms with E-state index in [9.17, 15) is 4.79 Å². The summed E-state index contributed by atoms with van der Waals surface area (Å²) < 4.78 is 0. The largest absolute Gasteiger partial charge is 0.481 e. The molecule has 80 valence electrons. The Morgan fingerprint density at radius 3 is 2.14 bits per heavy atom. The number of rotatable bonds is 4. The van der Waals surface area contributed by atoms with E-state index in [1.165, 1.54) is 5.54 Å². The van der Waals surface area contributed by atoms with E-state index in [4.69, 9.17) is 28.3 Å². The second-order valence-electron chi connectivity index (χ2n) is 3.73. The molecule has 1 N–H and O–H groups in total. The van der Waals surface area contributed by atoms with Crippen molar-refractivity contribution in [2.24, 2.45) is 17.3 Å². The average molecular weight is 237 g/mol. The molecular weight excluding hydrogens is 223 g/mol. The summed E-state index contributed by atoms with van der Waals surface area (Å²) >= 11 is 11.4. The fraction of sp³-hybridized carbons (Fsp3) is 0.700. The van der Waals surface area contributed by atoms with Gasteiger partial charge in [0.05, 0.1) is 5.92 Å². The Hall–Kier alpha value is -0.210. The van der Waals surface area contributed by atoms with Crippen molar-refractivity contribution in [2.45, 2.75) is 26.7 Å². The summed E-state index contributed by atoms with van der Waals surface area (Å²) in [6.07, 6.45) is 1.65. The van der Waals surface area contributed by atoms with Gasteiger partial charge in [0.25, 0.3) is 0 Å². The van der Waals surface area contributed by atoms with Gasteiger partial charge >= 0.3 is 5.97 Å². The van der Waals surface area contributed by atoms with Gasteiger partial charge in [-0.05, 0) is 18.3 Å². The smallest absolute Gasteiger partial charge is 0.307 e. The van der Waals surface area contributed by atoms with E-state index < -0.39 is 5.97 Å². The van der Waals surface area contributed by atoms with Crippen LogP contribution in [0, 0.1) is 17.3 Å². The molecule has 0 heterocycles. The zero-order chi connectivity index (χ0) is 10.9. The lowest BCUT2D eigenvalue weighted by molar-refractivity contribution is -0.139. The summed E-state index contributed by atoms with van der Waals surface area (Å²) in [5.41, 5.74) is 1.11. The molecule has 0 saturated heterocycles. The molecule has 1 saturated carbocycles. The Morgan fingerprint density at radius 1 is 1.43 bits per heavy atom. The lowest BCUT2D eigenvalue weighted by Crippen LogP contribution is -2.08. The Kier molecular flexibility index (Phi) is 3.49. The van der Waals surface area contributed by atoms with Crippen LogP contribution in [0.2, 0.25) is 0 Å². The molecule has 2 unspecified atom stereocenters. The minimum atomic E-state index is -0.768. The van der Waals surface area contributed by atoms with Gasteiger partial charge < -0.3 is 5.11 Å². The molecule has 1 aliphatic carbocycles. The third-order valence-corrected chi connectivity index (χ3v) is 4.14. The van der Waals surface area contributed by atoms with Crippen LogP contribution >= 0.6 is 23.2 Å². The topological polar surface area (TPSA) is 37.3 Å². The van der Waals surface area contributed by atoms with Crippen molar-refractivity contribution >= 4 is 29.2 Å². The molecule has 1 fully saturated rings. The quantitative estimate of drug-likeness (QED) is 0.813. The number of carbonyl (C=O) groups is 1. The van der Waals surface area contributed by atoms with Gasteiger partial charge in [-0.3, -0.25) is 4.79 Å². The normalized spacial score (nSPS) is 30.1. The van der Waals surface area contributed by atoms with Crippen molar-refractivity contribution in [2.75, 3.05) is 0 Å². The predicted octanol–water partition coefficient (Wildman–Crippen LogP) is 3.44. The van der Waals surface area contributed by atoms with Crippen molar-refractivity contribution < 1.29 is 9.90 Å². The first kappa shape index (κ1) is 11.9. The van der Waals surface area contributed by atoms with Crippen LogP contribution in [-0.2, 0) is 4.79 Å². The van der Waals surface area contributed by atoms with E-state index >= 15 is 0 Å². The minimum absolute atomic E-state index is 0.0887. The highest BCUT2D eigenvalue weighted by molar-refractivity contribution is 6.37. The van der Waals surface area contributed by atoms with Gasteiger partial charge in [0.2, 0.25) is 0 Å². The number of carboxylic acids is 1. The van der Waals surface area contributed by atoms with Crippen LogP contribution in [0.3, 0.4) is 0 Å². The van der Waals surface area contributed by atoms with Crippen molar-refractivity contribution in [3.05, 3.63) is 10.6 Å². The third kappa shape index (κ3) is 1.55. The number of hydrogen-bond donors (Lipinski definition) is 1. The number of aliphatic carboxylic acids is 1. The highest BCUT2D eigenvalue weighted by atomic mass is 35.5. The fourth-order valence-corrected chi connectivity index (χ4v) is 2.99. The van der Waals surface area contributed by atoms with Gasteiger partial charge in [0.1, 0.15) is 0 Å². The van der Waals surface area contributed by atoms with Gasteiger partial charge in [0.15, 0.2) is 0 Å². The maximum Gasteiger partial charge on any atom is 0.307 e. The second kappa shape index (κ2) is 4.11. The zero-order valence-electron chi connectivity index (χ0n) is 8.26. The van der Waals surface area contributed by atoms with Gasteiger partial charge in [0, 0.05) is 16.5 Å². The molecule has 2 nitrogen and oxygen atoms in total. The van der Waals surface area contributed by atoms with Crippen LogP contribution in [0.25, 0.3) is 0 Å². The van der Waals surface area contributed by atoms with E-state index in [0.717, 1.165) is 12.8 Å². The lowest BCUT2D eigenvalue weighted by atomic mass is 9.95. The summed E-state index contributed by atoms with van der Waals surface area (Å²) in [6, 6.07) is 0. The summed E-state index contributed by atoms with van der Waals surface area (Å²) in [6.45, 7) is 4.00. The Bertz CT molecular complexity index is 269. The molecule has 0 aliphatic heterocycles. The monoisotopic (exact) mass is 236 g/mol. The maximum atomic E-state index is 11.0. The molecule has 0 radical (unpaired) electrons. The van der Waals surface area contributed by atoms with Crippen LogP contribution in [0.1, 0.15) is 26.7 Å². The number of allylic oxidation sites excluding steroid dienone is 1. The zero-order valence-corrected chi connectivity index (χ0v) is 9.77. The molecule has 2 atom stereocenters. The van der Waals surface area contributed by atoms with Crippen molar-refractivity contribution in [1.29, 1.82) is 0 Å². The Balaban J connectivity index is 2.93. The first-order chi connectivity index (χ1) is 6.55. The molecule has 0 bridgehead atoms. The summed E-state index contributed by atoms with van der Waals surface area (Å²) in [5.74, 6) is -1.22. The Labute approximate surface area is 93.9 Å². The third-order valence-electron chi connectivity index (χ3n) is 3.45. The minimum Gasteiger partial charge on any atom is -0.481 e. The Morgan fingerprint density at radius 2 is 1.93 bits per heavy atom. The molecule has 1 rings (SSSR count). The summed E-state index contributed by atoms with van der Waals surface area (Å²) in [4.78, 5) is 11.0. The van der Waals surface area contributed by atoms with Gasteiger partial charge in [-0.15, -0.1) is 0 Å². The van der Waals surface area contributed by atoms with Crippen LogP contribution in [-0.4, -0.2) is 11.1 Å². The molecule has 1 aliphatic rings. The molecule has 0 aromatic carbocycles. The molecule has 4 heteroatoms. The number of hydrogen-bond acceptors (Lipinski definition) is 1. The van der Waals surface area contributed by atoms with Crippen molar-refractivity contribution in [3.63, 3.8) is 0 Å². The maximum absolute atomic E-state index is 11.0. The highest BCUT2D eigenvalue weighted by Crippen LogP contribution is 2.67. The highest BCUT2D eigenvalue weighted by Gasteiger charge is 2.67. The van der Waals surface area contributed by atoms with Crippen LogP contribution in [0.4, 0.5) is 0 Å². The van der Waals surface area contributed by atoms with E-state index in [1.807, 2.05) is 13.8 Å². The van der Waals surface area contributed by atoms with Crippen LogP contribution in [0.15, 0.2) is 10.6 Å². The number of halogens is 2. The summed E-state index contributed by atoms with van der Waals surface area (Å²) in [7, 11) is 0. The van der Waals surface area contributed by atoms with E-state index in [0.29, 0.717) is 5.03 Å². The van der Waals surface area contributed by atoms with Gasteiger partial charge in [-0.1, -0.05) is 37.0 Å². The fourth-order valence-electron chi connectivity index (χ4n) is 2.51. The van der Waals surface area contributed by atoms with E-state index in [2.05, 4.69) is 0 Å². The van der Waals surface area contributed by atoms with Gasteiger partial charge in [-0.2, -0.15) is 0 Å². The first-order valence-corrected chi connectivity index (χ1v) is 5.55. The van der Waals surface area contributed by atoms with E-state index in [1.54, 1.807) is 0 Å². The van der Waals surface area contributed by atoms with Crippen molar-refractivity contribution in [3.8, 4) is 0 Å². The first-order valence-electron chi connectivity index (χ1n) is 4.73. The SMILES string of the molecule is CCC1(CC)C(C(=O)O)C1C(Cl)=CCl. The molecular formula is C10H14Cl2O2. The van der Waals surface area contributed by atoms with E-state index in [-0.39, 0.29) is 17.3 Å². The molecule has 0 amide bonds. The molecule has 14 heavy (non-hydrogen) atoms. The number of carboxylic acid groups (broad SMARTS) is 1. The van der Waals surface area contributed by atoms with Crippen LogP contribution in [0.5, 0.6) is 0 Å². The second-order valence-corrected chi connectivity index (χ2v) is 4.38. The lowest BCUT2D eigenvalue weighted by Gasteiger charge is -2.10. The molecule has 0 aromatic rings.